The van der Waals surface area contributed by atoms with Gasteiger partial charge in [0.15, 0.2) is 0 Å². The Labute approximate surface area is 104 Å². The van der Waals surface area contributed by atoms with E-state index in [0.717, 1.165) is 25.0 Å². The fourth-order valence-corrected chi connectivity index (χ4v) is 1.62. The van der Waals surface area contributed by atoms with Gasteiger partial charge in [0.2, 0.25) is 0 Å². The molecular formula is C15H21NO. The van der Waals surface area contributed by atoms with Crippen LogP contribution in [0.25, 0.3) is 0 Å². The minimum atomic E-state index is 0.611. The summed E-state index contributed by atoms with van der Waals surface area (Å²) >= 11 is 0. The molecule has 92 valence electrons. The highest BCUT2D eigenvalue weighted by Crippen LogP contribution is 2.21. The van der Waals surface area contributed by atoms with Crippen LogP contribution in [0.2, 0.25) is 0 Å². The van der Waals surface area contributed by atoms with Crippen molar-refractivity contribution in [2.75, 3.05) is 6.61 Å². The second kappa shape index (κ2) is 7.73. The minimum absolute atomic E-state index is 0.611. The van der Waals surface area contributed by atoms with Crippen LogP contribution in [0.5, 0.6) is 5.75 Å². The van der Waals surface area contributed by atoms with Gasteiger partial charge in [-0.2, -0.15) is 5.26 Å². The first kappa shape index (κ1) is 13.6. The van der Waals surface area contributed by atoms with Gasteiger partial charge in [0.25, 0.3) is 0 Å². The van der Waals surface area contributed by atoms with E-state index in [1.165, 1.54) is 5.56 Å². The van der Waals surface area contributed by atoms with Crippen molar-refractivity contribution in [1.29, 1.82) is 5.26 Å². The molecule has 0 saturated carbocycles. The summed E-state index contributed by atoms with van der Waals surface area (Å²) in [5.74, 6) is 1.54. The summed E-state index contributed by atoms with van der Waals surface area (Å²) in [5, 5.41) is 8.40. The Morgan fingerprint density at radius 3 is 2.53 bits per heavy atom. The molecule has 0 spiro atoms. The quantitative estimate of drug-likeness (QED) is 0.656. The first-order valence-corrected chi connectivity index (χ1v) is 6.37. The first-order valence-electron chi connectivity index (χ1n) is 6.37. The Balaban J connectivity index is 2.33. The Morgan fingerprint density at radius 1 is 1.24 bits per heavy atom. The predicted octanol–water partition coefficient (Wildman–Crippen LogP) is 4.27. The Hall–Kier alpha value is -1.49. The van der Waals surface area contributed by atoms with Crippen LogP contribution in [0, 0.1) is 11.3 Å². The molecule has 1 aromatic rings. The predicted molar refractivity (Wildman–Crippen MR) is 70.1 cm³/mol. The zero-order valence-electron chi connectivity index (χ0n) is 10.8. The maximum absolute atomic E-state index is 8.40. The summed E-state index contributed by atoms with van der Waals surface area (Å²) in [4.78, 5) is 0. The van der Waals surface area contributed by atoms with Crippen LogP contribution in [0.1, 0.15) is 51.0 Å². The molecule has 0 N–H and O–H groups in total. The van der Waals surface area contributed by atoms with Gasteiger partial charge in [0, 0.05) is 6.42 Å². The van der Waals surface area contributed by atoms with E-state index < -0.39 is 0 Å². The van der Waals surface area contributed by atoms with Crippen molar-refractivity contribution in [3.63, 3.8) is 0 Å². The Bertz CT molecular complexity index is 350. The van der Waals surface area contributed by atoms with Gasteiger partial charge in [-0.25, -0.2) is 0 Å². The number of rotatable bonds is 7. The zero-order valence-corrected chi connectivity index (χ0v) is 10.8. The lowest BCUT2D eigenvalue weighted by Crippen LogP contribution is -1.97. The van der Waals surface area contributed by atoms with E-state index in [4.69, 9.17) is 10.00 Å². The number of unbranched alkanes of at least 4 members (excludes halogenated alkanes) is 2. The van der Waals surface area contributed by atoms with E-state index in [-0.39, 0.29) is 0 Å². The third-order valence-corrected chi connectivity index (χ3v) is 3.01. The highest BCUT2D eigenvalue weighted by atomic mass is 16.5. The molecule has 1 rings (SSSR count). The molecule has 0 heterocycles. The maximum Gasteiger partial charge on any atom is 0.119 e. The maximum atomic E-state index is 8.40. The van der Waals surface area contributed by atoms with Crippen LogP contribution in [-0.2, 0) is 0 Å². The van der Waals surface area contributed by atoms with Gasteiger partial charge in [-0.05, 0) is 42.9 Å². The molecule has 0 aliphatic heterocycles. The molecule has 1 atom stereocenters. The van der Waals surface area contributed by atoms with E-state index in [1.54, 1.807) is 0 Å². The summed E-state index contributed by atoms with van der Waals surface area (Å²) in [6, 6.07) is 10.5. The minimum Gasteiger partial charge on any atom is -0.494 e. The van der Waals surface area contributed by atoms with Gasteiger partial charge in [-0.15, -0.1) is 0 Å². The molecule has 17 heavy (non-hydrogen) atoms. The lowest BCUT2D eigenvalue weighted by atomic mass is 9.99. The molecule has 0 fully saturated rings. The molecule has 0 aliphatic rings. The fraction of sp³-hybridized carbons (Fsp3) is 0.533. The van der Waals surface area contributed by atoms with Crippen molar-refractivity contribution in [2.24, 2.45) is 0 Å². The van der Waals surface area contributed by atoms with Gasteiger partial charge in [-0.3, -0.25) is 0 Å². The number of hydrogen-bond acceptors (Lipinski definition) is 2. The van der Waals surface area contributed by atoms with Gasteiger partial charge in [0.05, 0.1) is 12.7 Å². The molecule has 1 aromatic carbocycles. The highest BCUT2D eigenvalue weighted by molar-refractivity contribution is 5.29. The largest absolute Gasteiger partial charge is 0.494 e. The molecule has 0 radical (unpaired) electrons. The van der Waals surface area contributed by atoms with Crippen LogP contribution < -0.4 is 4.74 Å². The van der Waals surface area contributed by atoms with E-state index >= 15 is 0 Å². The lowest BCUT2D eigenvalue weighted by Gasteiger charge is -2.10. The number of nitrogens with zero attached hydrogens (tertiary/aromatic N) is 1. The van der Waals surface area contributed by atoms with Crippen molar-refractivity contribution >= 4 is 0 Å². The molecular weight excluding hydrogens is 210 g/mol. The molecule has 2 nitrogen and oxygen atoms in total. The van der Waals surface area contributed by atoms with Crippen molar-refractivity contribution in [3.05, 3.63) is 29.8 Å². The smallest absolute Gasteiger partial charge is 0.119 e. The second-order valence-corrected chi connectivity index (χ2v) is 4.34. The van der Waals surface area contributed by atoms with E-state index in [9.17, 15) is 0 Å². The van der Waals surface area contributed by atoms with Crippen LogP contribution >= 0.6 is 0 Å². The zero-order chi connectivity index (χ0) is 12.5. The topological polar surface area (TPSA) is 33.0 Å². The van der Waals surface area contributed by atoms with E-state index in [2.05, 4.69) is 32.0 Å². The first-order chi connectivity index (χ1) is 8.27. The third kappa shape index (κ3) is 4.91. The average molecular weight is 231 g/mol. The second-order valence-electron chi connectivity index (χ2n) is 4.34. The number of hydrogen-bond donors (Lipinski definition) is 0. The fourth-order valence-electron chi connectivity index (χ4n) is 1.62. The summed E-state index contributed by atoms with van der Waals surface area (Å²) < 4.78 is 5.61. The van der Waals surface area contributed by atoms with Crippen LogP contribution in [0.15, 0.2) is 24.3 Å². The lowest BCUT2D eigenvalue weighted by molar-refractivity contribution is 0.307. The number of nitriles is 1. The van der Waals surface area contributed by atoms with Crippen molar-refractivity contribution < 1.29 is 4.74 Å². The van der Waals surface area contributed by atoms with E-state index in [0.29, 0.717) is 18.9 Å². The molecule has 0 amide bonds. The molecule has 2 heteroatoms. The summed E-state index contributed by atoms with van der Waals surface area (Å²) in [5.41, 5.74) is 1.37. The van der Waals surface area contributed by atoms with Crippen molar-refractivity contribution in [3.8, 4) is 11.8 Å². The van der Waals surface area contributed by atoms with Gasteiger partial charge < -0.3 is 4.74 Å². The standard InChI is InChI=1S/C15H21NO/c1-3-13(2)14-7-9-15(10-8-14)17-12-6-4-5-11-16/h7-10,13H,3-6,12H2,1-2H3. The Morgan fingerprint density at radius 2 is 1.94 bits per heavy atom. The average Bonchev–Trinajstić information content (AvgIpc) is 2.38. The van der Waals surface area contributed by atoms with Gasteiger partial charge in [-0.1, -0.05) is 26.0 Å². The molecule has 0 aliphatic carbocycles. The van der Waals surface area contributed by atoms with Crippen LogP contribution in [0.3, 0.4) is 0 Å². The van der Waals surface area contributed by atoms with Crippen molar-refractivity contribution in [2.45, 2.75) is 45.4 Å². The van der Waals surface area contributed by atoms with Gasteiger partial charge >= 0.3 is 0 Å². The SMILES string of the molecule is CCC(C)c1ccc(OCCCCC#N)cc1. The van der Waals surface area contributed by atoms with Gasteiger partial charge in [0.1, 0.15) is 5.75 Å². The summed E-state index contributed by atoms with van der Waals surface area (Å²) in [6.45, 7) is 5.13. The highest BCUT2D eigenvalue weighted by Gasteiger charge is 2.02. The third-order valence-electron chi connectivity index (χ3n) is 3.01. The summed E-state index contributed by atoms with van der Waals surface area (Å²) in [7, 11) is 0. The number of benzene rings is 1. The number of ether oxygens (including phenoxy) is 1. The van der Waals surface area contributed by atoms with Crippen LogP contribution in [0.4, 0.5) is 0 Å². The Kier molecular flexibility index (Phi) is 6.17. The van der Waals surface area contributed by atoms with E-state index in [1.807, 2.05) is 12.1 Å². The summed E-state index contributed by atoms with van der Waals surface area (Å²) in [6.07, 6.45) is 3.65. The molecule has 0 saturated heterocycles. The molecule has 0 bridgehead atoms. The molecule has 1 unspecified atom stereocenters. The van der Waals surface area contributed by atoms with Crippen molar-refractivity contribution in [1.82, 2.24) is 0 Å². The monoisotopic (exact) mass is 231 g/mol. The van der Waals surface area contributed by atoms with Crippen LogP contribution in [-0.4, -0.2) is 6.61 Å². The normalized spacial score (nSPS) is 11.8. The molecule has 0 aromatic heterocycles.